The van der Waals surface area contributed by atoms with Crippen molar-refractivity contribution < 1.29 is 9.53 Å². The molecule has 0 spiro atoms. The Labute approximate surface area is 159 Å². The number of aromatic nitrogens is 1. The van der Waals surface area contributed by atoms with Gasteiger partial charge in [-0.2, -0.15) is 5.26 Å². The van der Waals surface area contributed by atoms with Crippen LogP contribution < -0.4 is 10.6 Å². The summed E-state index contributed by atoms with van der Waals surface area (Å²) in [5.74, 6) is 0.977. The average Bonchev–Trinajstić information content (AvgIpc) is 2.61. The Balaban J connectivity index is 1.67. The lowest BCUT2D eigenvalue weighted by Crippen LogP contribution is -2.57. The highest BCUT2D eigenvalue weighted by Gasteiger charge is 2.44. The Morgan fingerprint density at radius 2 is 2.19 bits per heavy atom. The zero-order valence-electron chi connectivity index (χ0n) is 15.3. The van der Waals surface area contributed by atoms with Crippen LogP contribution in [-0.2, 0) is 9.53 Å². The van der Waals surface area contributed by atoms with Gasteiger partial charge in [0.15, 0.2) is 0 Å². The molecule has 140 valence electrons. The monoisotopic (exact) mass is 376 g/mol. The number of amides is 1. The van der Waals surface area contributed by atoms with E-state index in [-0.39, 0.29) is 35.4 Å². The topological polar surface area (TPSA) is 87.0 Å². The zero-order chi connectivity index (χ0) is 18.8. The molecule has 26 heavy (non-hydrogen) atoms. The molecule has 7 heteroatoms. The summed E-state index contributed by atoms with van der Waals surface area (Å²) in [5.41, 5.74) is 1.24. The molecule has 2 heterocycles. The molecule has 5 unspecified atom stereocenters. The van der Waals surface area contributed by atoms with Crippen molar-refractivity contribution in [3.8, 4) is 6.07 Å². The molecule has 1 aliphatic heterocycles. The first-order valence-corrected chi connectivity index (χ1v) is 9.48. The number of anilines is 1. The summed E-state index contributed by atoms with van der Waals surface area (Å²) in [7, 11) is 1.67. The summed E-state index contributed by atoms with van der Waals surface area (Å²) in [6, 6.07) is 5.72. The minimum atomic E-state index is -0.142. The Morgan fingerprint density at radius 1 is 1.42 bits per heavy atom. The van der Waals surface area contributed by atoms with Gasteiger partial charge in [0.05, 0.1) is 28.7 Å². The number of alkyl halides is 1. The first kappa shape index (κ1) is 18.9. The van der Waals surface area contributed by atoms with E-state index in [9.17, 15) is 4.79 Å². The second-order valence-corrected chi connectivity index (χ2v) is 7.91. The van der Waals surface area contributed by atoms with E-state index in [1.54, 1.807) is 26.2 Å². The number of rotatable bonds is 4. The molecule has 1 aromatic heterocycles. The van der Waals surface area contributed by atoms with E-state index in [1.165, 1.54) is 0 Å². The minimum Gasteiger partial charge on any atom is -0.380 e. The fourth-order valence-corrected chi connectivity index (χ4v) is 4.56. The van der Waals surface area contributed by atoms with Gasteiger partial charge < -0.3 is 15.4 Å². The molecule has 1 aliphatic carbocycles. The molecule has 1 amide bonds. The summed E-state index contributed by atoms with van der Waals surface area (Å²) in [6.07, 6.45) is 2.42. The Bertz CT molecular complexity index is 720. The third-order valence-corrected chi connectivity index (χ3v) is 6.16. The number of fused-ring (bicyclic) bond motifs is 1. The van der Waals surface area contributed by atoms with Crippen molar-refractivity contribution in [3.63, 3.8) is 0 Å². The number of ether oxygens (including phenoxy) is 1. The van der Waals surface area contributed by atoms with Crippen molar-refractivity contribution in [2.75, 3.05) is 12.4 Å². The number of piperidine rings is 1. The zero-order valence-corrected chi connectivity index (χ0v) is 16.1. The lowest BCUT2D eigenvalue weighted by molar-refractivity contribution is -0.131. The van der Waals surface area contributed by atoms with Crippen LogP contribution in [0.2, 0.25) is 0 Å². The maximum atomic E-state index is 12.6. The second-order valence-electron chi connectivity index (χ2n) is 7.35. The van der Waals surface area contributed by atoms with E-state index in [1.807, 2.05) is 6.92 Å². The molecule has 1 aromatic rings. The van der Waals surface area contributed by atoms with E-state index in [0.717, 1.165) is 19.3 Å². The quantitative estimate of drug-likeness (QED) is 0.789. The van der Waals surface area contributed by atoms with Gasteiger partial charge in [0, 0.05) is 19.2 Å². The summed E-state index contributed by atoms with van der Waals surface area (Å²) in [5, 5.41) is 15.5. The number of halogens is 1. The highest BCUT2D eigenvalue weighted by molar-refractivity contribution is 6.21. The largest absolute Gasteiger partial charge is 0.380 e. The van der Waals surface area contributed by atoms with Gasteiger partial charge >= 0.3 is 0 Å². The molecular weight excluding hydrogens is 352 g/mol. The number of carbonyl (C=O) groups is 1. The molecule has 6 nitrogen and oxygen atoms in total. The smallest absolute Gasteiger partial charge is 0.225 e. The van der Waals surface area contributed by atoms with E-state index in [0.29, 0.717) is 23.0 Å². The summed E-state index contributed by atoms with van der Waals surface area (Å²) in [4.78, 5) is 17.1. The van der Waals surface area contributed by atoms with Crippen molar-refractivity contribution >= 4 is 23.3 Å². The average molecular weight is 377 g/mol. The molecule has 0 radical (unpaired) electrons. The lowest BCUT2D eigenvalue weighted by Gasteiger charge is -2.44. The maximum absolute atomic E-state index is 12.6. The first-order valence-electron chi connectivity index (χ1n) is 9.04. The lowest BCUT2D eigenvalue weighted by atomic mass is 9.73. The van der Waals surface area contributed by atoms with Gasteiger partial charge in [0.2, 0.25) is 5.91 Å². The highest BCUT2D eigenvalue weighted by Crippen LogP contribution is 2.38. The number of nitriles is 1. The molecule has 2 N–H and O–H groups in total. The van der Waals surface area contributed by atoms with Gasteiger partial charge in [-0.05, 0) is 51.2 Å². The Morgan fingerprint density at radius 3 is 2.85 bits per heavy atom. The Kier molecular flexibility index (Phi) is 5.69. The molecule has 6 atom stereocenters. The summed E-state index contributed by atoms with van der Waals surface area (Å²) < 4.78 is 5.44. The second kappa shape index (κ2) is 7.81. The van der Waals surface area contributed by atoms with Crippen LogP contribution in [-0.4, -0.2) is 41.6 Å². The van der Waals surface area contributed by atoms with E-state index in [2.05, 4.69) is 21.7 Å². The van der Waals surface area contributed by atoms with Gasteiger partial charge in [0.25, 0.3) is 0 Å². The molecule has 0 bridgehead atoms. The normalized spacial score (nSPS) is 32.1. The number of pyridine rings is 1. The third-order valence-electron chi connectivity index (χ3n) is 5.70. The van der Waals surface area contributed by atoms with Crippen molar-refractivity contribution in [1.29, 1.82) is 5.26 Å². The summed E-state index contributed by atoms with van der Waals surface area (Å²) in [6.45, 7) is 3.81. The standard InChI is InChI=1S/C19H25ClN4O2/c1-10-12(9-21)4-5-18(22-10)23-11(2)14-6-13-7-15(20)17(26-3)8-16(13)24-19(14)25/h4-5,11,13-17H,6-8H2,1-3H3,(H,22,23)(H,24,25)/t11-,13?,14?,15?,16?,17?/m0/s1. The third kappa shape index (κ3) is 3.79. The van der Waals surface area contributed by atoms with Gasteiger partial charge in [0.1, 0.15) is 11.9 Å². The van der Waals surface area contributed by atoms with Gasteiger partial charge in [-0.1, -0.05) is 0 Å². The van der Waals surface area contributed by atoms with Gasteiger partial charge in [-0.3, -0.25) is 4.79 Å². The SMILES string of the molecule is COC1CC2NC(=O)C([C@H](C)Nc3ccc(C#N)c(C)n3)CC2CC1Cl. The van der Waals surface area contributed by atoms with Gasteiger partial charge in [-0.25, -0.2) is 4.98 Å². The van der Waals surface area contributed by atoms with E-state index >= 15 is 0 Å². The van der Waals surface area contributed by atoms with Crippen LogP contribution in [0.3, 0.4) is 0 Å². The molecule has 1 saturated carbocycles. The maximum Gasteiger partial charge on any atom is 0.225 e. The van der Waals surface area contributed by atoms with E-state index in [4.69, 9.17) is 21.6 Å². The molecule has 2 aliphatic rings. The molecule has 2 fully saturated rings. The highest BCUT2D eigenvalue weighted by atomic mass is 35.5. The van der Waals surface area contributed by atoms with E-state index < -0.39 is 0 Å². The molecular formula is C19H25ClN4O2. The minimum absolute atomic E-state index is 0.00357. The van der Waals surface area contributed by atoms with Crippen LogP contribution in [0.4, 0.5) is 5.82 Å². The van der Waals surface area contributed by atoms with Crippen LogP contribution in [0, 0.1) is 30.1 Å². The predicted octanol–water partition coefficient (Wildman–Crippen LogP) is 2.60. The van der Waals surface area contributed by atoms with Crippen LogP contribution in [0.5, 0.6) is 0 Å². The summed E-state index contributed by atoms with van der Waals surface area (Å²) >= 11 is 6.45. The number of hydrogen-bond acceptors (Lipinski definition) is 5. The van der Waals surface area contributed by atoms with Crippen molar-refractivity contribution in [2.24, 2.45) is 11.8 Å². The van der Waals surface area contributed by atoms with Crippen molar-refractivity contribution in [2.45, 2.75) is 56.7 Å². The van der Waals surface area contributed by atoms with Crippen molar-refractivity contribution in [1.82, 2.24) is 10.3 Å². The fourth-order valence-electron chi connectivity index (χ4n) is 4.12. The van der Waals surface area contributed by atoms with Gasteiger partial charge in [-0.15, -0.1) is 11.6 Å². The fraction of sp³-hybridized carbons (Fsp3) is 0.632. The number of methoxy groups -OCH3 is 1. The molecule has 1 saturated heterocycles. The van der Waals surface area contributed by atoms with Crippen LogP contribution in [0.1, 0.15) is 37.4 Å². The first-order chi connectivity index (χ1) is 12.4. The predicted molar refractivity (Wildman–Crippen MR) is 100.0 cm³/mol. The number of hydrogen-bond donors (Lipinski definition) is 2. The van der Waals surface area contributed by atoms with Crippen LogP contribution >= 0.6 is 11.6 Å². The number of aryl methyl sites for hydroxylation is 1. The number of nitrogens with zero attached hydrogens (tertiary/aromatic N) is 2. The van der Waals surface area contributed by atoms with Crippen LogP contribution in [0.25, 0.3) is 0 Å². The number of nitrogens with one attached hydrogen (secondary N) is 2. The molecule has 0 aromatic carbocycles. The number of carbonyl (C=O) groups excluding carboxylic acids is 1. The Hall–Kier alpha value is -1.84. The molecule has 3 rings (SSSR count). The van der Waals surface area contributed by atoms with Crippen molar-refractivity contribution in [3.05, 3.63) is 23.4 Å². The van der Waals surface area contributed by atoms with Crippen LogP contribution in [0.15, 0.2) is 12.1 Å².